The normalized spacial score (nSPS) is 10.7. The van der Waals surface area contributed by atoms with E-state index in [1.54, 1.807) is 0 Å². The summed E-state index contributed by atoms with van der Waals surface area (Å²) in [6.07, 6.45) is 0. The fourth-order valence-electron chi connectivity index (χ4n) is 1.72. The zero-order valence-electron chi connectivity index (χ0n) is 10.5. The molecule has 0 aliphatic rings. The van der Waals surface area contributed by atoms with Crippen LogP contribution in [0.25, 0.3) is 0 Å². The Kier molecular flexibility index (Phi) is 6.34. The molecule has 1 aromatic carbocycles. The van der Waals surface area contributed by atoms with Gasteiger partial charge in [0.1, 0.15) is 4.90 Å². The van der Waals surface area contributed by atoms with Gasteiger partial charge in [0.15, 0.2) is 0 Å². The van der Waals surface area contributed by atoms with Crippen LogP contribution >= 0.6 is 0 Å². The minimum atomic E-state index is -4.70. The predicted molar refractivity (Wildman–Crippen MR) is 65.4 cm³/mol. The van der Waals surface area contributed by atoms with Crippen LogP contribution in [0.4, 0.5) is 0 Å². The van der Waals surface area contributed by atoms with Crippen molar-refractivity contribution in [3.63, 3.8) is 0 Å². The first-order valence-electron chi connectivity index (χ1n) is 4.65. The van der Waals surface area contributed by atoms with Crippen LogP contribution in [0.3, 0.4) is 0 Å². The molecule has 7 nitrogen and oxygen atoms in total. The van der Waals surface area contributed by atoms with E-state index in [2.05, 4.69) is 0 Å². The maximum atomic E-state index is 11.2. The van der Waals surface area contributed by atoms with Gasteiger partial charge in [0.25, 0.3) is 10.1 Å². The van der Waals surface area contributed by atoms with Gasteiger partial charge in [0.05, 0.1) is 11.1 Å². The van der Waals surface area contributed by atoms with Crippen molar-refractivity contribution in [2.75, 3.05) is 0 Å². The largest absolute Gasteiger partial charge is 0.478 e. The molecule has 0 aliphatic heterocycles. The Bertz CT molecular complexity index is 610. The summed E-state index contributed by atoms with van der Waals surface area (Å²) >= 11 is 0. The summed E-state index contributed by atoms with van der Waals surface area (Å²) < 4.78 is 31.4. The molecule has 0 fully saturated rings. The third-order valence-electron chi connectivity index (χ3n) is 2.50. The molecule has 0 saturated carbocycles. The average molecular weight is 313 g/mol. The molecule has 1 radical (unpaired) electrons. The van der Waals surface area contributed by atoms with Crippen molar-refractivity contribution in [3.05, 3.63) is 28.3 Å². The molecule has 1 aromatic rings. The number of hydrogen-bond acceptors (Lipinski definition) is 4. The fourth-order valence-corrected chi connectivity index (χ4v) is 2.71. The molecule has 19 heavy (non-hydrogen) atoms. The van der Waals surface area contributed by atoms with E-state index in [4.69, 9.17) is 14.8 Å². The SMILES string of the molecule is Cc1c(C(=O)O)cc(C(=O)O)c(C)c1S(=O)(=O)O.[K]. The summed E-state index contributed by atoms with van der Waals surface area (Å²) in [5.74, 6) is -2.94. The van der Waals surface area contributed by atoms with Crippen LogP contribution in [0.2, 0.25) is 0 Å². The van der Waals surface area contributed by atoms with Gasteiger partial charge in [-0.1, -0.05) is 0 Å². The zero-order chi connectivity index (χ0) is 14.2. The standard InChI is InChI=1S/C10H10O7S.K/c1-4-6(9(11)12)3-7(10(13)14)5(2)8(4)18(15,16)17;/h3H,1-2H3,(H,11,12)(H,13,14)(H,15,16,17);. The van der Waals surface area contributed by atoms with Crippen molar-refractivity contribution < 1.29 is 32.8 Å². The van der Waals surface area contributed by atoms with Crippen LogP contribution in [0.5, 0.6) is 0 Å². The van der Waals surface area contributed by atoms with Crippen molar-refractivity contribution in [1.82, 2.24) is 0 Å². The Balaban J connectivity index is 0.00000324. The second-order valence-corrected chi connectivity index (χ2v) is 4.99. The van der Waals surface area contributed by atoms with Crippen molar-refractivity contribution in [3.8, 4) is 0 Å². The maximum Gasteiger partial charge on any atom is 0.336 e. The van der Waals surface area contributed by atoms with Crippen LogP contribution in [0, 0.1) is 13.8 Å². The van der Waals surface area contributed by atoms with Gasteiger partial charge in [-0.3, -0.25) is 4.55 Å². The van der Waals surface area contributed by atoms with Crippen LogP contribution in [-0.4, -0.2) is 86.5 Å². The van der Waals surface area contributed by atoms with Gasteiger partial charge in [-0.2, -0.15) is 8.42 Å². The minimum absolute atomic E-state index is 0. The first-order chi connectivity index (χ1) is 8.07. The Morgan fingerprint density at radius 2 is 1.32 bits per heavy atom. The fraction of sp³-hybridized carbons (Fsp3) is 0.200. The molecule has 0 spiro atoms. The molecule has 0 amide bonds. The molecule has 3 N–H and O–H groups in total. The molecule has 0 aliphatic carbocycles. The molecular weight excluding hydrogens is 303 g/mol. The first kappa shape index (κ1) is 18.7. The maximum absolute atomic E-state index is 11.2. The Hall–Kier alpha value is -0.294. The summed E-state index contributed by atoms with van der Waals surface area (Å²) in [6, 6.07) is 0.865. The van der Waals surface area contributed by atoms with E-state index in [-0.39, 0.29) is 62.5 Å². The Labute approximate surface area is 151 Å². The van der Waals surface area contributed by atoms with Gasteiger partial charge >= 0.3 is 11.9 Å². The molecule has 0 bridgehead atoms. The van der Waals surface area contributed by atoms with Crippen LogP contribution < -0.4 is 0 Å². The predicted octanol–water partition coefficient (Wildman–Crippen LogP) is 0.566. The summed E-state index contributed by atoms with van der Waals surface area (Å²) in [6.45, 7) is 2.37. The number of carboxylic acid groups (broad SMARTS) is 2. The van der Waals surface area contributed by atoms with E-state index in [1.165, 1.54) is 13.8 Å². The number of aromatic carboxylic acids is 2. The monoisotopic (exact) mass is 313 g/mol. The van der Waals surface area contributed by atoms with Gasteiger partial charge in [-0.15, -0.1) is 0 Å². The zero-order valence-corrected chi connectivity index (χ0v) is 14.4. The smallest absolute Gasteiger partial charge is 0.336 e. The van der Waals surface area contributed by atoms with Crippen molar-refractivity contribution >= 4 is 73.4 Å². The molecule has 1 rings (SSSR count). The van der Waals surface area contributed by atoms with E-state index in [0.29, 0.717) is 0 Å². The van der Waals surface area contributed by atoms with Crippen LogP contribution in [0.15, 0.2) is 11.0 Å². The minimum Gasteiger partial charge on any atom is -0.478 e. The van der Waals surface area contributed by atoms with Gasteiger partial charge in [-0.05, 0) is 31.0 Å². The molecule has 0 heterocycles. The Morgan fingerprint density at radius 3 is 1.53 bits per heavy atom. The average Bonchev–Trinajstić information content (AvgIpc) is 2.13. The van der Waals surface area contributed by atoms with E-state index in [0.717, 1.165) is 6.07 Å². The van der Waals surface area contributed by atoms with E-state index < -0.39 is 38.1 Å². The van der Waals surface area contributed by atoms with E-state index >= 15 is 0 Å². The van der Waals surface area contributed by atoms with Crippen molar-refractivity contribution in [1.29, 1.82) is 0 Å². The number of rotatable bonds is 3. The quantitative estimate of drug-likeness (QED) is 0.549. The Morgan fingerprint density at radius 1 is 1.00 bits per heavy atom. The topological polar surface area (TPSA) is 129 Å². The number of hydrogen-bond donors (Lipinski definition) is 3. The number of carboxylic acids is 2. The van der Waals surface area contributed by atoms with Gasteiger partial charge in [0.2, 0.25) is 0 Å². The summed E-state index contributed by atoms with van der Waals surface area (Å²) in [5.41, 5.74) is -1.36. The molecule has 0 aromatic heterocycles. The van der Waals surface area contributed by atoms with Gasteiger partial charge in [0, 0.05) is 51.4 Å². The third kappa shape index (κ3) is 3.84. The summed E-state index contributed by atoms with van der Waals surface area (Å²) in [5, 5.41) is 17.8. The molecular formula is C10H10KO7S. The van der Waals surface area contributed by atoms with Crippen LogP contribution in [-0.2, 0) is 10.1 Å². The summed E-state index contributed by atoms with van der Waals surface area (Å²) in [7, 11) is -4.70. The molecule has 99 valence electrons. The second-order valence-electron chi connectivity index (χ2n) is 3.64. The third-order valence-corrected chi connectivity index (χ3v) is 3.62. The van der Waals surface area contributed by atoms with Crippen molar-refractivity contribution in [2.24, 2.45) is 0 Å². The molecule has 9 heteroatoms. The second kappa shape index (κ2) is 6.44. The first-order valence-corrected chi connectivity index (χ1v) is 6.09. The van der Waals surface area contributed by atoms with E-state index in [1.807, 2.05) is 0 Å². The summed E-state index contributed by atoms with van der Waals surface area (Å²) in [4.78, 5) is 21.2. The number of benzene rings is 1. The number of carbonyl (C=O) groups is 2. The van der Waals surface area contributed by atoms with Crippen LogP contribution in [0.1, 0.15) is 31.8 Å². The van der Waals surface area contributed by atoms with Gasteiger partial charge < -0.3 is 10.2 Å². The van der Waals surface area contributed by atoms with Crippen molar-refractivity contribution in [2.45, 2.75) is 18.7 Å². The van der Waals surface area contributed by atoms with Gasteiger partial charge in [-0.25, -0.2) is 9.59 Å². The van der Waals surface area contributed by atoms with E-state index in [9.17, 15) is 18.0 Å². The molecule has 0 saturated heterocycles. The molecule has 0 unspecified atom stereocenters. The molecule has 0 atom stereocenters.